The fourth-order valence-electron chi connectivity index (χ4n) is 4.43. The van der Waals surface area contributed by atoms with Gasteiger partial charge < -0.3 is 26.2 Å². The lowest BCUT2D eigenvalue weighted by Crippen LogP contribution is -2.46. The molecule has 0 radical (unpaired) electrons. The van der Waals surface area contributed by atoms with Crippen LogP contribution in [-0.2, 0) is 26.2 Å². The van der Waals surface area contributed by atoms with Crippen LogP contribution in [0.15, 0.2) is 48.5 Å². The number of nitrogens with zero attached hydrogens (tertiary/aromatic N) is 1. The lowest BCUT2D eigenvalue weighted by Gasteiger charge is -2.27. The number of amides is 3. The first-order valence-electron chi connectivity index (χ1n) is 14.6. The number of hydrogen-bond donors (Lipinski definition) is 5. The third-order valence-electron chi connectivity index (χ3n) is 7.14. The third kappa shape index (κ3) is 11.3. The van der Waals surface area contributed by atoms with E-state index in [-0.39, 0.29) is 60.5 Å². The zero-order chi connectivity index (χ0) is 33.0. The van der Waals surface area contributed by atoms with E-state index < -0.39 is 40.0 Å². The molecule has 0 aromatic heterocycles. The molecule has 0 bridgehead atoms. The maximum absolute atomic E-state index is 13.1. The molecular formula is C31H44N4O8S. The highest BCUT2D eigenvalue weighted by molar-refractivity contribution is 7.92. The summed E-state index contributed by atoms with van der Waals surface area (Å²) in [5.74, 6) is -2.71. The van der Waals surface area contributed by atoms with Crippen molar-refractivity contribution in [2.45, 2.75) is 65.6 Å². The zero-order valence-corrected chi connectivity index (χ0v) is 26.7. The van der Waals surface area contributed by atoms with Crippen molar-refractivity contribution in [3.8, 4) is 0 Å². The molecule has 0 saturated carbocycles. The molecular weight excluding hydrogens is 588 g/mol. The Bertz CT molecular complexity index is 1400. The lowest BCUT2D eigenvalue weighted by atomic mass is 9.92. The van der Waals surface area contributed by atoms with E-state index in [2.05, 4.69) is 16.0 Å². The minimum atomic E-state index is -3.51. The second-order valence-corrected chi connectivity index (χ2v) is 13.4. The zero-order valence-electron chi connectivity index (χ0n) is 25.9. The standard InChI is InChI=1S/C31H44N4O8S/c1-6-44(42,43)35(5)25-9-7-8-24(18-25)30(39)34-26(16-20(2)3)27(36)17-21(4)29(38)32-15-14-28(37)33-19-22-10-12-23(13-11-22)31(40)41/h7-13,18,20-21,26-27,36H,6,14-17,19H2,1-5H3,(H,32,38)(H,33,37)(H,34,39)(H,40,41)/t21-,26+,27+/m1/s1. The SMILES string of the molecule is CCS(=O)(=O)N(C)c1cccc(C(=O)N[C@@H](CC(C)C)[C@@H](O)C[C@@H](C)C(=O)NCCC(=O)NCc2ccc(C(=O)O)cc2)c1. The van der Waals surface area contributed by atoms with Gasteiger partial charge in [0.25, 0.3) is 5.91 Å². The van der Waals surface area contributed by atoms with Crippen molar-refractivity contribution < 1.29 is 37.8 Å². The van der Waals surface area contributed by atoms with Gasteiger partial charge in [-0.2, -0.15) is 0 Å². The maximum atomic E-state index is 13.1. The minimum absolute atomic E-state index is 0.0358. The number of nitrogens with one attached hydrogen (secondary N) is 3. The van der Waals surface area contributed by atoms with Crippen LogP contribution >= 0.6 is 0 Å². The number of carbonyl (C=O) groups excluding carboxylic acids is 3. The summed E-state index contributed by atoms with van der Waals surface area (Å²) in [6.07, 6.45) is -0.484. The fourth-order valence-corrected chi connectivity index (χ4v) is 5.25. The molecule has 0 unspecified atom stereocenters. The van der Waals surface area contributed by atoms with Crippen LogP contribution < -0.4 is 20.3 Å². The molecule has 0 aliphatic rings. The van der Waals surface area contributed by atoms with E-state index in [0.29, 0.717) is 12.1 Å². The fraction of sp³-hybridized carbons (Fsp3) is 0.484. The molecule has 3 amide bonds. The summed E-state index contributed by atoms with van der Waals surface area (Å²) in [7, 11) is -2.09. The Hall–Kier alpha value is -3.97. The van der Waals surface area contributed by atoms with Gasteiger partial charge in [-0.1, -0.05) is 39.0 Å². The normalized spacial score (nSPS) is 13.4. The number of carboxylic acid groups (broad SMARTS) is 1. The van der Waals surface area contributed by atoms with Crippen LogP contribution in [0.2, 0.25) is 0 Å². The summed E-state index contributed by atoms with van der Waals surface area (Å²) in [6, 6.07) is 11.7. The molecule has 0 heterocycles. The van der Waals surface area contributed by atoms with Gasteiger partial charge in [-0.15, -0.1) is 0 Å². The Balaban J connectivity index is 1.90. The van der Waals surface area contributed by atoms with Crippen molar-refractivity contribution in [2.75, 3.05) is 23.7 Å². The average Bonchev–Trinajstić information content (AvgIpc) is 2.99. The molecule has 12 nitrogen and oxygen atoms in total. The van der Waals surface area contributed by atoms with Crippen molar-refractivity contribution in [1.29, 1.82) is 0 Å². The summed E-state index contributed by atoms with van der Waals surface area (Å²) in [4.78, 5) is 48.9. The number of anilines is 1. The van der Waals surface area contributed by atoms with Gasteiger partial charge in [-0.25, -0.2) is 13.2 Å². The van der Waals surface area contributed by atoms with Crippen LogP contribution in [0.3, 0.4) is 0 Å². The van der Waals surface area contributed by atoms with Crippen molar-refractivity contribution in [3.63, 3.8) is 0 Å². The molecule has 44 heavy (non-hydrogen) atoms. The van der Waals surface area contributed by atoms with E-state index in [1.807, 2.05) is 13.8 Å². The number of benzene rings is 2. The average molecular weight is 633 g/mol. The van der Waals surface area contributed by atoms with Crippen LogP contribution in [0.4, 0.5) is 5.69 Å². The van der Waals surface area contributed by atoms with E-state index in [4.69, 9.17) is 5.11 Å². The van der Waals surface area contributed by atoms with Crippen LogP contribution in [-0.4, -0.2) is 73.8 Å². The van der Waals surface area contributed by atoms with Crippen LogP contribution in [0.1, 0.15) is 73.2 Å². The summed E-state index contributed by atoms with van der Waals surface area (Å²) in [5, 5.41) is 28.2. The van der Waals surface area contributed by atoms with Gasteiger partial charge in [-0.3, -0.25) is 18.7 Å². The second kappa shape index (κ2) is 16.8. The number of aliphatic hydroxyl groups is 1. The minimum Gasteiger partial charge on any atom is -0.478 e. The molecule has 0 spiro atoms. The molecule has 5 N–H and O–H groups in total. The third-order valence-corrected chi connectivity index (χ3v) is 8.92. The Morgan fingerprint density at radius 2 is 1.59 bits per heavy atom. The number of carboxylic acids is 1. The molecule has 0 fully saturated rings. The van der Waals surface area contributed by atoms with Crippen molar-refractivity contribution in [2.24, 2.45) is 11.8 Å². The van der Waals surface area contributed by atoms with E-state index in [0.717, 1.165) is 9.87 Å². The Morgan fingerprint density at radius 3 is 2.18 bits per heavy atom. The quantitative estimate of drug-likeness (QED) is 0.176. The highest BCUT2D eigenvalue weighted by Gasteiger charge is 2.27. The van der Waals surface area contributed by atoms with Crippen molar-refractivity contribution in [1.82, 2.24) is 16.0 Å². The highest BCUT2D eigenvalue weighted by atomic mass is 32.2. The molecule has 13 heteroatoms. The van der Waals surface area contributed by atoms with Crippen molar-refractivity contribution in [3.05, 3.63) is 65.2 Å². The first kappa shape index (κ1) is 36.2. The number of rotatable bonds is 17. The molecule has 2 rings (SSSR count). The van der Waals surface area contributed by atoms with E-state index in [1.54, 1.807) is 37.3 Å². The second-order valence-electron chi connectivity index (χ2n) is 11.2. The van der Waals surface area contributed by atoms with E-state index in [9.17, 15) is 32.7 Å². The molecule has 242 valence electrons. The Labute approximate surface area is 259 Å². The predicted octanol–water partition coefficient (Wildman–Crippen LogP) is 2.53. The summed E-state index contributed by atoms with van der Waals surface area (Å²) in [5.41, 5.74) is 1.47. The van der Waals surface area contributed by atoms with Gasteiger partial charge in [0.2, 0.25) is 21.8 Å². The van der Waals surface area contributed by atoms with E-state index in [1.165, 1.54) is 32.2 Å². The van der Waals surface area contributed by atoms with Gasteiger partial charge >= 0.3 is 5.97 Å². The number of carbonyl (C=O) groups is 4. The molecule has 3 atom stereocenters. The van der Waals surface area contributed by atoms with Crippen LogP contribution in [0.5, 0.6) is 0 Å². The van der Waals surface area contributed by atoms with Gasteiger partial charge in [0.1, 0.15) is 0 Å². The first-order chi connectivity index (χ1) is 20.6. The number of sulfonamides is 1. The van der Waals surface area contributed by atoms with Gasteiger partial charge in [-0.05, 0) is 61.6 Å². The van der Waals surface area contributed by atoms with Crippen LogP contribution in [0, 0.1) is 11.8 Å². The monoisotopic (exact) mass is 632 g/mol. The maximum Gasteiger partial charge on any atom is 0.335 e. The Kier molecular flexibility index (Phi) is 13.8. The summed E-state index contributed by atoms with van der Waals surface area (Å²) in [6.45, 7) is 7.39. The summed E-state index contributed by atoms with van der Waals surface area (Å²) < 4.78 is 25.6. The van der Waals surface area contributed by atoms with Crippen molar-refractivity contribution >= 4 is 39.4 Å². The van der Waals surface area contributed by atoms with Gasteiger partial charge in [0.05, 0.1) is 29.1 Å². The number of hydrogen-bond acceptors (Lipinski definition) is 7. The Morgan fingerprint density at radius 1 is 0.932 bits per heavy atom. The molecule has 0 aliphatic carbocycles. The number of aliphatic hydroxyl groups excluding tert-OH is 1. The summed E-state index contributed by atoms with van der Waals surface area (Å²) >= 11 is 0. The topological polar surface area (TPSA) is 182 Å². The first-order valence-corrected chi connectivity index (χ1v) is 16.2. The molecule has 2 aromatic rings. The van der Waals surface area contributed by atoms with Crippen LogP contribution in [0.25, 0.3) is 0 Å². The predicted molar refractivity (Wildman–Crippen MR) is 168 cm³/mol. The largest absolute Gasteiger partial charge is 0.478 e. The van der Waals surface area contributed by atoms with Gasteiger partial charge in [0.15, 0.2) is 0 Å². The smallest absolute Gasteiger partial charge is 0.335 e. The van der Waals surface area contributed by atoms with Gasteiger partial charge in [0, 0.05) is 38.0 Å². The number of aromatic carboxylic acids is 1. The molecule has 2 aromatic carbocycles. The highest BCUT2D eigenvalue weighted by Crippen LogP contribution is 2.20. The lowest BCUT2D eigenvalue weighted by molar-refractivity contribution is -0.126. The van der Waals surface area contributed by atoms with E-state index >= 15 is 0 Å². The molecule has 0 aliphatic heterocycles. The molecule has 0 saturated heterocycles.